The Morgan fingerprint density at radius 2 is 1.88 bits per heavy atom. The summed E-state index contributed by atoms with van der Waals surface area (Å²) in [4.78, 5) is 15.7. The predicted molar refractivity (Wildman–Crippen MR) is 157 cm³/mol. The fourth-order valence-electron chi connectivity index (χ4n) is 5.94. The molecule has 41 heavy (non-hydrogen) atoms. The number of aliphatic carboxylic acids is 1. The molecule has 3 aromatic rings. The molecular formula is C32H37NO7S. The Kier molecular flexibility index (Phi) is 8.54. The van der Waals surface area contributed by atoms with Crippen LogP contribution in [-0.2, 0) is 33.9 Å². The van der Waals surface area contributed by atoms with Crippen LogP contribution >= 0.6 is 0 Å². The lowest BCUT2D eigenvalue weighted by atomic mass is 9.87. The van der Waals surface area contributed by atoms with Crippen LogP contribution in [0.3, 0.4) is 0 Å². The van der Waals surface area contributed by atoms with Gasteiger partial charge in [0.15, 0.2) is 0 Å². The number of carboxylic acids is 1. The number of carboxylic acid groups (broad SMARTS) is 1. The third kappa shape index (κ3) is 6.50. The summed E-state index contributed by atoms with van der Waals surface area (Å²) >= 11 is 0. The first-order valence-electron chi connectivity index (χ1n) is 14.3. The molecule has 0 fully saturated rings. The van der Waals surface area contributed by atoms with E-state index >= 15 is 0 Å². The van der Waals surface area contributed by atoms with Gasteiger partial charge in [-0.05, 0) is 77.6 Å². The number of nitrogens with zero attached hydrogens (tertiary/aromatic N) is 1. The predicted octanol–water partition coefficient (Wildman–Crippen LogP) is 5.70. The van der Waals surface area contributed by atoms with Crippen LogP contribution < -0.4 is 14.2 Å². The molecule has 2 aromatic carbocycles. The molecular weight excluding hydrogens is 542 g/mol. The molecule has 1 aromatic heterocycles. The van der Waals surface area contributed by atoms with Crippen LogP contribution in [0.15, 0.2) is 42.6 Å². The molecule has 5 rings (SSSR count). The largest absolute Gasteiger partial charge is 0.494 e. The molecule has 1 unspecified atom stereocenters. The van der Waals surface area contributed by atoms with Crippen LogP contribution in [0.5, 0.6) is 17.4 Å². The Morgan fingerprint density at radius 3 is 2.56 bits per heavy atom. The minimum absolute atomic E-state index is 0.0173. The number of aryl methyl sites for hydroxylation is 2. The molecule has 0 saturated carbocycles. The van der Waals surface area contributed by atoms with Crippen molar-refractivity contribution in [3.63, 3.8) is 0 Å². The third-order valence-corrected chi connectivity index (χ3v) is 8.91. The van der Waals surface area contributed by atoms with Gasteiger partial charge in [-0.25, -0.2) is 13.4 Å². The van der Waals surface area contributed by atoms with Gasteiger partial charge >= 0.3 is 5.97 Å². The SMILES string of the molecule is CCc1cc(OCCCS(C)(=O)=O)cc(CC)c1-c1cccc2c1CCC2Oc1cc2c(cn1)[C@@H](CC(=O)O)CO2. The van der Waals surface area contributed by atoms with E-state index < -0.39 is 15.8 Å². The van der Waals surface area contributed by atoms with Crippen molar-refractivity contribution in [2.45, 2.75) is 64.4 Å². The number of carbonyl (C=O) groups is 1. The number of hydrogen-bond donors (Lipinski definition) is 1. The number of rotatable bonds is 12. The van der Waals surface area contributed by atoms with Gasteiger partial charge in [0, 0.05) is 30.0 Å². The van der Waals surface area contributed by atoms with E-state index in [1.54, 1.807) is 12.3 Å². The maximum atomic E-state index is 11.5. The lowest BCUT2D eigenvalue weighted by Crippen LogP contribution is -2.08. The van der Waals surface area contributed by atoms with Gasteiger partial charge in [0.05, 0.1) is 25.4 Å². The summed E-state index contributed by atoms with van der Waals surface area (Å²) in [5.74, 6) is 0.972. The maximum absolute atomic E-state index is 11.5. The second kappa shape index (κ2) is 12.1. The maximum Gasteiger partial charge on any atom is 0.304 e. The molecule has 1 aliphatic heterocycles. The number of sulfone groups is 1. The van der Waals surface area contributed by atoms with E-state index in [4.69, 9.17) is 19.3 Å². The fraction of sp³-hybridized carbons (Fsp3) is 0.438. The van der Waals surface area contributed by atoms with Crippen molar-refractivity contribution in [2.75, 3.05) is 25.2 Å². The van der Waals surface area contributed by atoms with Crippen molar-refractivity contribution >= 4 is 15.8 Å². The van der Waals surface area contributed by atoms with Crippen LogP contribution in [0.1, 0.15) is 72.9 Å². The smallest absolute Gasteiger partial charge is 0.304 e. The van der Waals surface area contributed by atoms with E-state index in [2.05, 4.69) is 49.2 Å². The van der Waals surface area contributed by atoms with Crippen molar-refractivity contribution in [1.29, 1.82) is 0 Å². The molecule has 218 valence electrons. The first-order chi connectivity index (χ1) is 19.7. The molecule has 0 bridgehead atoms. The van der Waals surface area contributed by atoms with E-state index in [0.717, 1.165) is 42.6 Å². The van der Waals surface area contributed by atoms with E-state index in [9.17, 15) is 13.2 Å². The summed E-state index contributed by atoms with van der Waals surface area (Å²) in [6.07, 6.45) is 6.67. The molecule has 0 radical (unpaired) electrons. The van der Waals surface area contributed by atoms with Gasteiger partial charge < -0.3 is 19.3 Å². The normalized spacial score (nSPS) is 17.5. The van der Waals surface area contributed by atoms with Crippen LogP contribution in [0.4, 0.5) is 0 Å². The molecule has 1 aliphatic carbocycles. The standard InChI is InChI=1S/C32H37NO7S/c1-4-20-14-23(38-12-7-13-41(3,36)37)15-21(5-2)32(20)26-9-6-8-25-24(26)10-11-28(25)40-30-17-29-27(18-33-30)22(19-39-29)16-31(34)35/h6,8-9,14-15,17-18,22,28H,4-5,7,10-13,16,19H2,1-3H3,(H,34,35)/t22-,28?/m0/s1. The molecule has 0 spiro atoms. The van der Waals surface area contributed by atoms with Crippen LogP contribution in [-0.4, -0.2) is 49.7 Å². The molecule has 1 N–H and O–H groups in total. The number of fused-ring (bicyclic) bond motifs is 2. The zero-order valence-electron chi connectivity index (χ0n) is 23.8. The van der Waals surface area contributed by atoms with E-state index in [0.29, 0.717) is 31.3 Å². The first-order valence-corrected chi connectivity index (χ1v) is 16.3. The highest BCUT2D eigenvalue weighted by Crippen LogP contribution is 2.44. The van der Waals surface area contributed by atoms with Crippen molar-refractivity contribution < 1.29 is 32.5 Å². The lowest BCUT2D eigenvalue weighted by molar-refractivity contribution is -0.137. The van der Waals surface area contributed by atoms with Gasteiger partial charge in [-0.2, -0.15) is 0 Å². The van der Waals surface area contributed by atoms with Crippen molar-refractivity contribution in [3.8, 4) is 28.5 Å². The van der Waals surface area contributed by atoms with Gasteiger partial charge in [0.25, 0.3) is 0 Å². The molecule has 9 heteroatoms. The van der Waals surface area contributed by atoms with Crippen molar-refractivity contribution in [2.24, 2.45) is 0 Å². The quantitative estimate of drug-likeness (QED) is 0.272. The van der Waals surface area contributed by atoms with Gasteiger partial charge in [-0.15, -0.1) is 0 Å². The summed E-state index contributed by atoms with van der Waals surface area (Å²) in [7, 11) is -3.01. The van der Waals surface area contributed by atoms with Gasteiger partial charge in [-0.3, -0.25) is 4.79 Å². The lowest BCUT2D eigenvalue weighted by Gasteiger charge is -2.20. The van der Waals surface area contributed by atoms with Gasteiger partial charge in [0.2, 0.25) is 5.88 Å². The Bertz CT molecular complexity index is 1520. The highest BCUT2D eigenvalue weighted by molar-refractivity contribution is 7.90. The molecule has 2 heterocycles. The average Bonchev–Trinajstić information content (AvgIpc) is 3.53. The zero-order valence-corrected chi connectivity index (χ0v) is 24.6. The fourth-order valence-corrected chi connectivity index (χ4v) is 6.58. The van der Waals surface area contributed by atoms with Crippen molar-refractivity contribution in [3.05, 3.63) is 70.4 Å². The molecule has 8 nitrogen and oxygen atoms in total. The summed E-state index contributed by atoms with van der Waals surface area (Å²) < 4.78 is 41.0. The Hall–Kier alpha value is -3.59. The second-order valence-corrected chi connectivity index (χ2v) is 13.1. The number of aromatic nitrogens is 1. The third-order valence-electron chi connectivity index (χ3n) is 7.88. The van der Waals surface area contributed by atoms with Gasteiger partial charge in [0.1, 0.15) is 27.4 Å². The highest BCUT2D eigenvalue weighted by atomic mass is 32.2. The monoisotopic (exact) mass is 579 g/mol. The number of pyridine rings is 1. The van der Waals surface area contributed by atoms with E-state index in [-0.39, 0.29) is 24.2 Å². The number of hydrogen-bond acceptors (Lipinski definition) is 7. The van der Waals surface area contributed by atoms with Crippen molar-refractivity contribution in [1.82, 2.24) is 4.98 Å². The van der Waals surface area contributed by atoms with Crippen LogP contribution in [0.2, 0.25) is 0 Å². The van der Waals surface area contributed by atoms with E-state index in [1.807, 2.05) is 0 Å². The highest BCUT2D eigenvalue weighted by Gasteiger charge is 2.30. The average molecular weight is 580 g/mol. The Morgan fingerprint density at radius 1 is 1.12 bits per heavy atom. The van der Waals surface area contributed by atoms with Crippen LogP contribution in [0.25, 0.3) is 11.1 Å². The molecule has 0 saturated heterocycles. The molecule has 2 atom stereocenters. The summed E-state index contributed by atoms with van der Waals surface area (Å²) in [6.45, 7) is 4.99. The Labute approximate surface area is 241 Å². The zero-order chi connectivity index (χ0) is 29.1. The minimum atomic E-state index is -3.01. The summed E-state index contributed by atoms with van der Waals surface area (Å²) in [5.41, 5.74) is 8.11. The number of benzene rings is 2. The van der Waals surface area contributed by atoms with Gasteiger partial charge in [-0.1, -0.05) is 32.0 Å². The molecule has 2 aliphatic rings. The molecule has 0 amide bonds. The van der Waals surface area contributed by atoms with Crippen LogP contribution in [0, 0.1) is 0 Å². The Balaban J connectivity index is 1.38. The minimum Gasteiger partial charge on any atom is -0.494 e. The number of ether oxygens (including phenoxy) is 3. The van der Waals surface area contributed by atoms with E-state index in [1.165, 1.54) is 34.1 Å². The topological polar surface area (TPSA) is 112 Å². The first kappa shape index (κ1) is 28.9. The second-order valence-electron chi connectivity index (χ2n) is 10.8. The summed E-state index contributed by atoms with van der Waals surface area (Å²) in [5, 5.41) is 9.16. The summed E-state index contributed by atoms with van der Waals surface area (Å²) in [6, 6.07) is 12.3.